The molecule has 4 aromatic rings. The molecule has 0 aliphatic rings. The van der Waals surface area contributed by atoms with Gasteiger partial charge in [0.05, 0.1) is 40.7 Å². The molecule has 0 amide bonds. The summed E-state index contributed by atoms with van der Waals surface area (Å²) in [5, 5.41) is 10.5. The first kappa shape index (κ1) is 25.4. The van der Waals surface area contributed by atoms with Gasteiger partial charge in [0.25, 0.3) is 5.56 Å². The standard InChI is InChI=1S/C25H25F3N4O4/c1-4-30-14-29-20-11-17(9-10-21(20)30)31-13-18(23(34)36-5-2)22(33)32(24(31)35)12-16-7-6-8-19(15(16)3)25(26,27)28/h6-11,13-14,23,34H,4-5,12H2,1-3H3. The molecule has 0 spiro atoms. The summed E-state index contributed by atoms with van der Waals surface area (Å²) in [5.74, 6) is 0. The largest absolute Gasteiger partial charge is 0.416 e. The predicted octanol–water partition coefficient (Wildman–Crippen LogP) is 3.77. The number of ether oxygens (including phenoxy) is 1. The fourth-order valence-corrected chi connectivity index (χ4v) is 4.15. The number of aryl methyl sites for hydroxylation is 1. The Kier molecular flexibility index (Phi) is 6.87. The molecular formula is C25H25F3N4O4. The van der Waals surface area contributed by atoms with Gasteiger partial charge in [0.15, 0.2) is 6.29 Å². The highest BCUT2D eigenvalue weighted by Gasteiger charge is 2.33. The van der Waals surface area contributed by atoms with E-state index >= 15 is 0 Å². The molecule has 8 nitrogen and oxygen atoms in total. The number of hydrogen-bond acceptors (Lipinski definition) is 5. The molecule has 190 valence electrons. The first-order chi connectivity index (χ1) is 17.1. The Morgan fingerprint density at radius 3 is 2.56 bits per heavy atom. The average Bonchev–Trinajstić information content (AvgIpc) is 3.24. The number of aliphatic hydroxyl groups excluding tert-OH is 1. The van der Waals surface area contributed by atoms with Crippen LogP contribution in [-0.4, -0.2) is 30.4 Å². The Balaban J connectivity index is 1.92. The third kappa shape index (κ3) is 4.59. The van der Waals surface area contributed by atoms with E-state index in [-0.39, 0.29) is 23.3 Å². The van der Waals surface area contributed by atoms with Gasteiger partial charge in [-0.2, -0.15) is 13.2 Å². The minimum atomic E-state index is -4.59. The van der Waals surface area contributed by atoms with Crippen LogP contribution in [0.4, 0.5) is 13.2 Å². The molecule has 0 fully saturated rings. The predicted molar refractivity (Wildman–Crippen MR) is 127 cm³/mol. The third-order valence-electron chi connectivity index (χ3n) is 6.09. The summed E-state index contributed by atoms with van der Waals surface area (Å²) in [6, 6.07) is 8.70. The topological polar surface area (TPSA) is 91.3 Å². The SMILES string of the molecule is CCOC(O)c1cn(-c2ccc3c(c2)ncn3CC)c(=O)n(Cc2cccc(C(F)(F)F)c2C)c1=O. The number of halogens is 3. The second-order valence-corrected chi connectivity index (χ2v) is 8.23. The number of rotatable bonds is 7. The maximum Gasteiger partial charge on any atom is 0.416 e. The van der Waals surface area contributed by atoms with Crippen molar-refractivity contribution in [2.45, 2.75) is 46.3 Å². The minimum absolute atomic E-state index is 0.0902. The second kappa shape index (κ2) is 9.75. The van der Waals surface area contributed by atoms with Crippen LogP contribution < -0.4 is 11.2 Å². The van der Waals surface area contributed by atoms with Crippen molar-refractivity contribution in [3.8, 4) is 5.69 Å². The molecule has 0 aliphatic carbocycles. The molecule has 11 heteroatoms. The lowest BCUT2D eigenvalue weighted by Crippen LogP contribution is -2.42. The van der Waals surface area contributed by atoms with Crippen molar-refractivity contribution in [2.24, 2.45) is 0 Å². The van der Waals surface area contributed by atoms with Crippen LogP contribution in [0.5, 0.6) is 0 Å². The monoisotopic (exact) mass is 502 g/mol. The van der Waals surface area contributed by atoms with Gasteiger partial charge in [0.2, 0.25) is 0 Å². The smallest absolute Gasteiger partial charge is 0.364 e. The molecule has 2 aromatic heterocycles. The molecule has 0 aliphatic heterocycles. The van der Waals surface area contributed by atoms with Crippen molar-refractivity contribution in [1.29, 1.82) is 0 Å². The van der Waals surface area contributed by atoms with Gasteiger partial charge in [-0.1, -0.05) is 12.1 Å². The van der Waals surface area contributed by atoms with Gasteiger partial charge < -0.3 is 14.4 Å². The van der Waals surface area contributed by atoms with E-state index in [9.17, 15) is 27.9 Å². The quantitative estimate of drug-likeness (QED) is 0.389. The molecule has 2 heterocycles. The second-order valence-electron chi connectivity index (χ2n) is 8.23. The average molecular weight is 502 g/mol. The highest BCUT2D eigenvalue weighted by Crippen LogP contribution is 2.33. The van der Waals surface area contributed by atoms with E-state index in [2.05, 4.69) is 4.98 Å². The molecule has 0 saturated heterocycles. The van der Waals surface area contributed by atoms with Crippen LogP contribution in [0.1, 0.15) is 42.4 Å². The van der Waals surface area contributed by atoms with Crippen molar-refractivity contribution in [3.63, 3.8) is 0 Å². The van der Waals surface area contributed by atoms with E-state index in [1.54, 1.807) is 31.5 Å². The molecule has 1 atom stereocenters. The van der Waals surface area contributed by atoms with E-state index < -0.39 is 35.8 Å². The number of hydrogen-bond donors (Lipinski definition) is 1. The van der Waals surface area contributed by atoms with E-state index in [4.69, 9.17) is 4.74 Å². The van der Waals surface area contributed by atoms with Gasteiger partial charge >= 0.3 is 11.9 Å². The van der Waals surface area contributed by atoms with Crippen LogP contribution in [-0.2, 0) is 24.0 Å². The highest BCUT2D eigenvalue weighted by atomic mass is 19.4. The van der Waals surface area contributed by atoms with Gasteiger partial charge in [-0.05, 0) is 56.2 Å². The Labute approximate surface area is 203 Å². The number of fused-ring (bicyclic) bond motifs is 1. The molecule has 1 unspecified atom stereocenters. The van der Waals surface area contributed by atoms with Gasteiger partial charge in [0.1, 0.15) is 0 Å². The highest BCUT2D eigenvalue weighted by molar-refractivity contribution is 5.77. The van der Waals surface area contributed by atoms with Crippen LogP contribution in [0, 0.1) is 6.92 Å². The lowest BCUT2D eigenvalue weighted by atomic mass is 10.0. The fourth-order valence-electron chi connectivity index (χ4n) is 4.15. The van der Waals surface area contributed by atoms with E-state index in [1.807, 2.05) is 11.5 Å². The van der Waals surface area contributed by atoms with Gasteiger partial charge in [-0.3, -0.25) is 13.9 Å². The molecule has 0 saturated carbocycles. The fraction of sp³-hybridized carbons (Fsp3) is 0.320. The molecular weight excluding hydrogens is 477 g/mol. The minimum Gasteiger partial charge on any atom is -0.364 e. The summed E-state index contributed by atoms with van der Waals surface area (Å²) >= 11 is 0. The number of imidazole rings is 1. The molecule has 1 N–H and O–H groups in total. The molecule has 0 radical (unpaired) electrons. The summed E-state index contributed by atoms with van der Waals surface area (Å²) in [4.78, 5) is 31.0. The van der Waals surface area contributed by atoms with Crippen molar-refractivity contribution >= 4 is 11.0 Å². The molecule has 4 rings (SSSR count). The molecule has 0 bridgehead atoms. The lowest BCUT2D eigenvalue weighted by molar-refractivity contribution is -0.138. The number of benzene rings is 2. The van der Waals surface area contributed by atoms with E-state index in [1.165, 1.54) is 25.3 Å². The van der Waals surface area contributed by atoms with Crippen LogP contribution in [0.15, 0.2) is 58.5 Å². The Bertz CT molecular complexity index is 1540. The Hall–Kier alpha value is -3.70. The number of aromatic nitrogens is 4. The third-order valence-corrected chi connectivity index (χ3v) is 6.09. The van der Waals surface area contributed by atoms with Gasteiger partial charge in [0, 0.05) is 19.3 Å². The summed E-state index contributed by atoms with van der Waals surface area (Å²) in [5.41, 5.74) is -0.828. The number of nitrogens with zero attached hydrogens (tertiary/aromatic N) is 4. The van der Waals surface area contributed by atoms with Gasteiger partial charge in [-0.25, -0.2) is 9.78 Å². The normalized spacial score (nSPS) is 12.9. The summed E-state index contributed by atoms with van der Waals surface area (Å²) in [6.07, 6.45) is -3.36. The summed E-state index contributed by atoms with van der Waals surface area (Å²) in [6.45, 7) is 5.24. The van der Waals surface area contributed by atoms with Crippen molar-refractivity contribution in [3.05, 3.63) is 92.0 Å². The zero-order valence-electron chi connectivity index (χ0n) is 19.9. The first-order valence-electron chi connectivity index (χ1n) is 11.3. The van der Waals surface area contributed by atoms with Crippen molar-refractivity contribution in [1.82, 2.24) is 18.7 Å². The zero-order valence-corrected chi connectivity index (χ0v) is 19.9. The number of aliphatic hydroxyl groups is 1. The number of alkyl halides is 3. The van der Waals surface area contributed by atoms with Gasteiger partial charge in [-0.15, -0.1) is 0 Å². The van der Waals surface area contributed by atoms with Crippen molar-refractivity contribution < 1.29 is 23.0 Å². The Morgan fingerprint density at radius 2 is 1.89 bits per heavy atom. The van der Waals surface area contributed by atoms with Crippen LogP contribution in [0.2, 0.25) is 0 Å². The van der Waals surface area contributed by atoms with Crippen LogP contribution in [0.3, 0.4) is 0 Å². The molecule has 2 aromatic carbocycles. The zero-order chi connectivity index (χ0) is 26.2. The molecule has 36 heavy (non-hydrogen) atoms. The maximum atomic E-state index is 13.5. The summed E-state index contributed by atoms with van der Waals surface area (Å²) in [7, 11) is 0. The Morgan fingerprint density at radius 1 is 1.14 bits per heavy atom. The maximum absolute atomic E-state index is 13.5. The van der Waals surface area contributed by atoms with E-state index in [0.717, 1.165) is 20.7 Å². The first-order valence-corrected chi connectivity index (χ1v) is 11.3. The van der Waals surface area contributed by atoms with Crippen LogP contribution >= 0.6 is 0 Å². The van der Waals surface area contributed by atoms with E-state index in [0.29, 0.717) is 17.7 Å². The summed E-state index contributed by atoms with van der Waals surface area (Å²) < 4.78 is 49.4. The lowest BCUT2D eigenvalue weighted by Gasteiger charge is -2.18. The van der Waals surface area contributed by atoms with Crippen molar-refractivity contribution in [2.75, 3.05) is 6.61 Å². The van der Waals surface area contributed by atoms with Crippen LogP contribution in [0.25, 0.3) is 16.7 Å².